The number of carbonyl (C=O) groups excluding carboxylic acids is 1. The number of halogens is 2. The van der Waals surface area contributed by atoms with Gasteiger partial charge in [-0.25, -0.2) is 19.2 Å². The van der Waals surface area contributed by atoms with Gasteiger partial charge in [-0.05, 0) is 24.6 Å². The second-order valence-corrected chi connectivity index (χ2v) is 7.51. The number of H-pyrrole nitrogens is 1. The summed E-state index contributed by atoms with van der Waals surface area (Å²) in [5.41, 5.74) is 1.03. The van der Waals surface area contributed by atoms with Crippen molar-refractivity contribution in [3.63, 3.8) is 0 Å². The third-order valence-corrected chi connectivity index (χ3v) is 5.69. The van der Waals surface area contributed by atoms with Crippen LogP contribution < -0.4 is 4.90 Å². The zero-order chi connectivity index (χ0) is 20.5. The number of anilines is 1. The number of benzene rings is 1. The maximum Gasteiger partial charge on any atom is 0.327 e. The van der Waals surface area contributed by atoms with Crippen molar-refractivity contribution in [1.82, 2.24) is 19.9 Å². The molecule has 0 bridgehead atoms. The van der Waals surface area contributed by atoms with Crippen molar-refractivity contribution in [2.45, 2.75) is 18.5 Å². The van der Waals surface area contributed by atoms with Gasteiger partial charge in [0.1, 0.15) is 29.7 Å². The third kappa shape index (κ3) is 3.65. The van der Waals surface area contributed by atoms with Crippen LogP contribution >= 0.6 is 11.6 Å². The minimum absolute atomic E-state index is 0.102. The highest BCUT2D eigenvalue weighted by Crippen LogP contribution is 2.32. The van der Waals surface area contributed by atoms with E-state index in [4.69, 9.17) is 16.3 Å². The molecule has 3 aromatic rings. The Morgan fingerprint density at radius 3 is 3.00 bits per heavy atom. The van der Waals surface area contributed by atoms with E-state index in [9.17, 15) is 9.18 Å². The Bertz CT molecular complexity index is 1040. The first-order valence-corrected chi connectivity index (χ1v) is 9.65. The van der Waals surface area contributed by atoms with Crippen LogP contribution in [0.5, 0.6) is 0 Å². The zero-order valence-electron chi connectivity index (χ0n) is 16.1. The highest BCUT2D eigenvalue weighted by Gasteiger charge is 2.37. The van der Waals surface area contributed by atoms with E-state index in [0.29, 0.717) is 13.1 Å². The summed E-state index contributed by atoms with van der Waals surface area (Å²) in [5.74, 6) is -0.200. The molecule has 2 unspecified atom stereocenters. The highest BCUT2D eigenvalue weighted by atomic mass is 35.5. The van der Waals surface area contributed by atoms with Crippen LogP contribution in [-0.4, -0.2) is 59.1 Å². The van der Waals surface area contributed by atoms with Crippen LogP contribution in [0.3, 0.4) is 0 Å². The van der Waals surface area contributed by atoms with Gasteiger partial charge in [0, 0.05) is 43.0 Å². The Kier molecular flexibility index (Phi) is 5.38. The number of carbonyl (C=O) groups is 1. The number of ether oxygens (including phenoxy) is 1. The number of nitrogens with one attached hydrogen (secondary N) is 1. The standard InChI is InChI=1S/C20H21ClFN5O2/c1-26(19-15-5-7-23-18(15)24-11-25-19)13-6-8-27(10-13)17(20(28)29-2)14-4-3-12(21)9-16(14)22/h3-5,7,9,11,13,17H,6,8,10H2,1-2H3,(H,23,24,25). The van der Waals surface area contributed by atoms with Crippen LogP contribution in [0.1, 0.15) is 18.0 Å². The fraction of sp³-hybridized carbons (Fsp3) is 0.350. The van der Waals surface area contributed by atoms with Crippen molar-refractivity contribution in [2.24, 2.45) is 0 Å². The number of likely N-dealkylation sites (N-methyl/N-ethyl adjacent to an activating group) is 1. The van der Waals surface area contributed by atoms with E-state index in [-0.39, 0.29) is 16.6 Å². The lowest BCUT2D eigenvalue weighted by Crippen LogP contribution is -2.38. The van der Waals surface area contributed by atoms with Crippen molar-refractivity contribution < 1.29 is 13.9 Å². The number of hydrogen-bond acceptors (Lipinski definition) is 6. The molecule has 0 aliphatic carbocycles. The van der Waals surface area contributed by atoms with E-state index >= 15 is 0 Å². The molecule has 29 heavy (non-hydrogen) atoms. The summed E-state index contributed by atoms with van der Waals surface area (Å²) in [5, 5.41) is 1.22. The molecule has 4 rings (SSSR count). The van der Waals surface area contributed by atoms with Crippen molar-refractivity contribution in [3.8, 4) is 0 Å². The van der Waals surface area contributed by atoms with Crippen molar-refractivity contribution in [2.75, 3.05) is 32.1 Å². The minimum atomic E-state index is -0.826. The summed E-state index contributed by atoms with van der Waals surface area (Å²) in [6, 6.07) is 5.56. The van der Waals surface area contributed by atoms with Gasteiger partial charge in [0.15, 0.2) is 0 Å². The zero-order valence-corrected chi connectivity index (χ0v) is 16.9. The topological polar surface area (TPSA) is 74.3 Å². The van der Waals surface area contributed by atoms with E-state index in [0.717, 1.165) is 23.3 Å². The van der Waals surface area contributed by atoms with Crippen molar-refractivity contribution in [1.29, 1.82) is 0 Å². The second kappa shape index (κ2) is 7.96. The van der Waals surface area contributed by atoms with Gasteiger partial charge in [0.2, 0.25) is 0 Å². The van der Waals surface area contributed by atoms with Gasteiger partial charge < -0.3 is 14.6 Å². The molecule has 1 aliphatic rings. The molecule has 2 aromatic heterocycles. The quantitative estimate of drug-likeness (QED) is 0.643. The Morgan fingerprint density at radius 2 is 2.24 bits per heavy atom. The average molecular weight is 418 g/mol. The molecule has 9 heteroatoms. The minimum Gasteiger partial charge on any atom is -0.468 e. The lowest BCUT2D eigenvalue weighted by molar-refractivity contribution is -0.147. The number of nitrogens with zero attached hydrogens (tertiary/aromatic N) is 4. The normalized spacial score (nSPS) is 18.1. The van der Waals surface area contributed by atoms with Gasteiger partial charge in [-0.2, -0.15) is 0 Å². The number of aromatic amines is 1. The largest absolute Gasteiger partial charge is 0.468 e. The van der Waals surface area contributed by atoms with E-state index in [1.54, 1.807) is 12.1 Å². The van der Waals surface area contributed by atoms with Gasteiger partial charge >= 0.3 is 5.97 Å². The molecule has 2 atom stereocenters. The number of hydrogen-bond donors (Lipinski definition) is 1. The summed E-state index contributed by atoms with van der Waals surface area (Å²) in [7, 11) is 3.28. The molecule has 1 aromatic carbocycles. The Morgan fingerprint density at radius 1 is 1.41 bits per heavy atom. The molecule has 0 spiro atoms. The Balaban J connectivity index is 1.59. The first-order valence-electron chi connectivity index (χ1n) is 9.27. The van der Waals surface area contributed by atoms with Gasteiger partial charge in [-0.15, -0.1) is 0 Å². The lowest BCUT2D eigenvalue weighted by atomic mass is 10.0. The van der Waals surface area contributed by atoms with Gasteiger partial charge in [-0.1, -0.05) is 17.7 Å². The molecule has 1 saturated heterocycles. The summed E-state index contributed by atoms with van der Waals surface area (Å²) in [4.78, 5) is 28.3. The summed E-state index contributed by atoms with van der Waals surface area (Å²) < 4.78 is 19.5. The molecule has 1 N–H and O–H groups in total. The highest BCUT2D eigenvalue weighted by molar-refractivity contribution is 6.30. The van der Waals surface area contributed by atoms with Gasteiger partial charge in [-0.3, -0.25) is 4.90 Å². The first-order chi connectivity index (χ1) is 14.0. The first kappa shape index (κ1) is 19.6. The summed E-state index contributed by atoms with van der Waals surface area (Å²) in [6.45, 7) is 1.19. The maximum absolute atomic E-state index is 14.6. The SMILES string of the molecule is COC(=O)C(c1ccc(Cl)cc1F)N1CCC(N(C)c2ncnc3[nH]ccc23)C1. The average Bonchev–Trinajstić information content (AvgIpc) is 3.38. The summed E-state index contributed by atoms with van der Waals surface area (Å²) >= 11 is 5.87. The fourth-order valence-corrected chi connectivity index (χ4v) is 4.10. The fourth-order valence-electron chi connectivity index (χ4n) is 3.94. The van der Waals surface area contributed by atoms with E-state index in [2.05, 4.69) is 19.9 Å². The molecule has 152 valence electrons. The molecular formula is C20H21ClFN5O2. The predicted octanol–water partition coefficient (Wildman–Crippen LogP) is 3.18. The number of aromatic nitrogens is 3. The van der Waals surface area contributed by atoms with Gasteiger partial charge in [0.05, 0.1) is 12.5 Å². The summed E-state index contributed by atoms with van der Waals surface area (Å²) in [6.07, 6.45) is 4.15. The third-order valence-electron chi connectivity index (χ3n) is 5.46. The van der Waals surface area contributed by atoms with Crippen LogP contribution in [0.25, 0.3) is 11.0 Å². The van der Waals surface area contributed by atoms with Crippen LogP contribution in [-0.2, 0) is 9.53 Å². The van der Waals surface area contributed by atoms with E-state index in [1.165, 1.54) is 19.5 Å². The number of methoxy groups -OCH3 is 1. The van der Waals surface area contributed by atoms with Crippen LogP contribution in [0.4, 0.5) is 10.2 Å². The number of fused-ring (bicyclic) bond motifs is 1. The monoisotopic (exact) mass is 417 g/mol. The van der Waals surface area contributed by atoms with Crippen LogP contribution in [0.15, 0.2) is 36.8 Å². The van der Waals surface area contributed by atoms with Crippen LogP contribution in [0, 0.1) is 5.82 Å². The Hall–Kier alpha value is -2.71. The Labute approximate surface area is 172 Å². The molecule has 7 nitrogen and oxygen atoms in total. The van der Waals surface area contributed by atoms with Crippen LogP contribution in [0.2, 0.25) is 5.02 Å². The molecule has 0 saturated carbocycles. The maximum atomic E-state index is 14.6. The van der Waals surface area contributed by atoms with E-state index in [1.807, 2.05) is 24.2 Å². The van der Waals surface area contributed by atoms with Gasteiger partial charge in [0.25, 0.3) is 0 Å². The number of rotatable bonds is 5. The number of likely N-dealkylation sites (tertiary alicyclic amines) is 1. The van der Waals surface area contributed by atoms with E-state index < -0.39 is 17.8 Å². The molecule has 0 amide bonds. The smallest absolute Gasteiger partial charge is 0.327 e. The molecule has 0 radical (unpaired) electrons. The molecule has 1 aliphatic heterocycles. The second-order valence-electron chi connectivity index (χ2n) is 7.08. The molecule has 1 fully saturated rings. The van der Waals surface area contributed by atoms with Crippen molar-refractivity contribution in [3.05, 3.63) is 53.2 Å². The molecular weight excluding hydrogens is 397 g/mol. The molecule has 3 heterocycles. The number of esters is 1. The predicted molar refractivity (Wildman–Crippen MR) is 108 cm³/mol. The van der Waals surface area contributed by atoms with Crippen molar-refractivity contribution >= 4 is 34.4 Å². The lowest BCUT2D eigenvalue weighted by Gasteiger charge is -2.29.